The van der Waals surface area contributed by atoms with Crippen LogP contribution in [0.15, 0.2) is 30.3 Å². The van der Waals surface area contributed by atoms with E-state index in [-0.39, 0.29) is 12.2 Å². The van der Waals surface area contributed by atoms with Crippen LogP contribution in [0, 0.1) is 0 Å². The van der Waals surface area contributed by atoms with Crippen LogP contribution >= 0.6 is 0 Å². The fourth-order valence-electron chi connectivity index (χ4n) is 2.29. The number of carbonyl (C=O) groups excluding carboxylic acids is 1. The number of rotatable bonds is 6. The van der Waals surface area contributed by atoms with Gasteiger partial charge in [-0.05, 0) is 5.56 Å². The molecule has 1 fully saturated rings. The predicted octanol–water partition coefficient (Wildman–Crippen LogP) is 1.55. The summed E-state index contributed by atoms with van der Waals surface area (Å²) < 4.78 is 21.9. The van der Waals surface area contributed by atoms with Gasteiger partial charge >= 0.3 is 0 Å². The molecule has 2 rings (SSSR count). The number of hydrogen-bond donors (Lipinski definition) is 0. The Morgan fingerprint density at radius 2 is 1.95 bits per heavy atom. The van der Waals surface area contributed by atoms with Crippen LogP contribution in [0.25, 0.3) is 0 Å². The standard InChI is InChI=1S/C15H20O5/c1-17-12-8-13(15(18-2)20-14(12)9-16)19-10-11-6-4-3-5-7-11/h3-7,9,12-15H,8,10H2,1-2H3/t12-,13+,14+,15-/m0/s1. The van der Waals surface area contributed by atoms with Gasteiger partial charge in [-0.15, -0.1) is 0 Å². The van der Waals surface area contributed by atoms with Crippen LogP contribution in [-0.2, 0) is 30.3 Å². The minimum Gasteiger partial charge on any atom is -0.378 e. The second-order valence-corrected chi connectivity index (χ2v) is 4.69. The first-order valence-corrected chi connectivity index (χ1v) is 6.60. The predicted molar refractivity (Wildman–Crippen MR) is 72.2 cm³/mol. The Balaban J connectivity index is 1.96. The number of carbonyl (C=O) groups is 1. The normalized spacial score (nSPS) is 30.1. The number of benzene rings is 1. The van der Waals surface area contributed by atoms with Crippen LogP contribution in [-0.4, -0.2) is 45.1 Å². The van der Waals surface area contributed by atoms with Gasteiger partial charge in [-0.2, -0.15) is 0 Å². The van der Waals surface area contributed by atoms with Crippen molar-refractivity contribution in [3.8, 4) is 0 Å². The number of aldehydes is 1. The average Bonchev–Trinajstić information content (AvgIpc) is 2.52. The molecule has 0 bridgehead atoms. The van der Waals surface area contributed by atoms with Crippen LogP contribution in [0.4, 0.5) is 0 Å². The van der Waals surface area contributed by atoms with E-state index < -0.39 is 12.4 Å². The van der Waals surface area contributed by atoms with Crippen molar-refractivity contribution in [1.82, 2.24) is 0 Å². The molecule has 0 unspecified atom stereocenters. The molecular weight excluding hydrogens is 260 g/mol. The topological polar surface area (TPSA) is 54.0 Å². The fourth-order valence-corrected chi connectivity index (χ4v) is 2.29. The van der Waals surface area contributed by atoms with Gasteiger partial charge in [0.1, 0.15) is 12.2 Å². The third-order valence-electron chi connectivity index (χ3n) is 3.40. The van der Waals surface area contributed by atoms with Gasteiger partial charge in [0, 0.05) is 20.6 Å². The monoisotopic (exact) mass is 280 g/mol. The summed E-state index contributed by atoms with van der Waals surface area (Å²) in [5, 5.41) is 0. The lowest BCUT2D eigenvalue weighted by Crippen LogP contribution is -2.50. The quantitative estimate of drug-likeness (QED) is 0.740. The summed E-state index contributed by atoms with van der Waals surface area (Å²) in [4.78, 5) is 11.0. The molecule has 0 saturated carbocycles. The molecule has 0 N–H and O–H groups in total. The Labute approximate surface area is 118 Å². The molecular formula is C15H20O5. The van der Waals surface area contributed by atoms with Gasteiger partial charge in [-0.3, -0.25) is 0 Å². The molecule has 0 spiro atoms. The van der Waals surface area contributed by atoms with E-state index in [9.17, 15) is 4.79 Å². The van der Waals surface area contributed by atoms with Crippen molar-refractivity contribution in [1.29, 1.82) is 0 Å². The molecule has 1 aromatic rings. The van der Waals surface area contributed by atoms with E-state index in [1.807, 2.05) is 30.3 Å². The molecule has 20 heavy (non-hydrogen) atoms. The Hall–Kier alpha value is -1.27. The summed E-state index contributed by atoms with van der Waals surface area (Å²) in [5.41, 5.74) is 1.08. The Kier molecular flexibility index (Phi) is 5.67. The summed E-state index contributed by atoms with van der Waals surface area (Å²) >= 11 is 0. The van der Waals surface area contributed by atoms with Crippen molar-refractivity contribution < 1.29 is 23.7 Å². The highest BCUT2D eigenvalue weighted by molar-refractivity contribution is 5.57. The van der Waals surface area contributed by atoms with E-state index in [0.29, 0.717) is 13.0 Å². The lowest BCUT2D eigenvalue weighted by molar-refractivity contribution is -0.262. The van der Waals surface area contributed by atoms with Crippen molar-refractivity contribution in [2.24, 2.45) is 0 Å². The van der Waals surface area contributed by atoms with Crippen molar-refractivity contribution in [2.75, 3.05) is 14.2 Å². The van der Waals surface area contributed by atoms with Crippen LogP contribution in [0.5, 0.6) is 0 Å². The van der Waals surface area contributed by atoms with Gasteiger partial charge in [0.05, 0.1) is 12.7 Å². The number of hydrogen-bond acceptors (Lipinski definition) is 5. The Morgan fingerprint density at radius 1 is 1.20 bits per heavy atom. The van der Waals surface area contributed by atoms with Gasteiger partial charge in [-0.1, -0.05) is 30.3 Å². The summed E-state index contributed by atoms with van der Waals surface area (Å²) in [6, 6.07) is 9.87. The maximum absolute atomic E-state index is 11.0. The van der Waals surface area contributed by atoms with E-state index in [4.69, 9.17) is 18.9 Å². The maximum Gasteiger partial charge on any atom is 0.184 e. The van der Waals surface area contributed by atoms with Crippen LogP contribution in [0.2, 0.25) is 0 Å². The first-order chi connectivity index (χ1) is 9.78. The molecule has 0 radical (unpaired) electrons. The highest BCUT2D eigenvalue weighted by Gasteiger charge is 2.39. The summed E-state index contributed by atoms with van der Waals surface area (Å²) in [6.45, 7) is 0.469. The van der Waals surface area contributed by atoms with Gasteiger partial charge < -0.3 is 23.7 Å². The minimum atomic E-state index is -0.610. The number of ether oxygens (including phenoxy) is 4. The zero-order valence-electron chi connectivity index (χ0n) is 11.7. The van der Waals surface area contributed by atoms with Crippen molar-refractivity contribution >= 4 is 6.29 Å². The SMILES string of the molecule is CO[C@H]1O[C@H](C=O)[C@@H](OC)C[C@H]1OCc1ccccc1. The lowest BCUT2D eigenvalue weighted by atomic mass is 10.0. The number of methoxy groups -OCH3 is 2. The molecule has 0 amide bonds. The Morgan fingerprint density at radius 3 is 2.55 bits per heavy atom. The zero-order chi connectivity index (χ0) is 14.4. The van der Waals surface area contributed by atoms with Gasteiger partial charge in [0.15, 0.2) is 12.6 Å². The third-order valence-corrected chi connectivity index (χ3v) is 3.40. The third kappa shape index (κ3) is 3.64. The summed E-state index contributed by atoms with van der Waals surface area (Å²) in [5.74, 6) is 0. The van der Waals surface area contributed by atoms with Crippen molar-refractivity contribution in [2.45, 2.75) is 37.6 Å². The second-order valence-electron chi connectivity index (χ2n) is 4.69. The van der Waals surface area contributed by atoms with Gasteiger partial charge in [-0.25, -0.2) is 0 Å². The average molecular weight is 280 g/mol. The highest BCUT2D eigenvalue weighted by atomic mass is 16.7. The van der Waals surface area contributed by atoms with Gasteiger partial charge in [0.25, 0.3) is 0 Å². The molecule has 1 aliphatic rings. The summed E-state index contributed by atoms with van der Waals surface area (Å²) in [7, 11) is 3.10. The first-order valence-electron chi connectivity index (χ1n) is 6.60. The van der Waals surface area contributed by atoms with E-state index in [0.717, 1.165) is 11.8 Å². The molecule has 1 saturated heterocycles. The highest BCUT2D eigenvalue weighted by Crippen LogP contribution is 2.25. The molecule has 1 aromatic carbocycles. The molecule has 110 valence electrons. The smallest absolute Gasteiger partial charge is 0.184 e. The molecule has 1 aliphatic heterocycles. The maximum atomic E-state index is 11.0. The Bertz CT molecular complexity index is 408. The van der Waals surface area contributed by atoms with E-state index in [1.54, 1.807) is 14.2 Å². The van der Waals surface area contributed by atoms with Crippen LogP contribution < -0.4 is 0 Å². The van der Waals surface area contributed by atoms with E-state index in [1.165, 1.54) is 0 Å². The molecule has 5 heteroatoms. The summed E-state index contributed by atoms with van der Waals surface area (Å²) in [6.07, 6.45) is -0.429. The van der Waals surface area contributed by atoms with Crippen molar-refractivity contribution in [3.63, 3.8) is 0 Å². The van der Waals surface area contributed by atoms with Crippen molar-refractivity contribution in [3.05, 3.63) is 35.9 Å². The zero-order valence-corrected chi connectivity index (χ0v) is 11.7. The van der Waals surface area contributed by atoms with Gasteiger partial charge in [0.2, 0.25) is 0 Å². The van der Waals surface area contributed by atoms with E-state index >= 15 is 0 Å². The van der Waals surface area contributed by atoms with E-state index in [2.05, 4.69) is 0 Å². The molecule has 0 aromatic heterocycles. The molecule has 0 aliphatic carbocycles. The molecule has 5 nitrogen and oxygen atoms in total. The largest absolute Gasteiger partial charge is 0.378 e. The van der Waals surface area contributed by atoms with Crippen LogP contribution in [0.3, 0.4) is 0 Å². The lowest BCUT2D eigenvalue weighted by Gasteiger charge is -2.37. The van der Waals surface area contributed by atoms with Crippen LogP contribution in [0.1, 0.15) is 12.0 Å². The first kappa shape index (κ1) is 15.1. The second kappa shape index (κ2) is 7.50. The molecule has 1 heterocycles. The fraction of sp³-hybridized carbons (Fsp3) is 0.533. The molecule has 4 atom stereocenters. The minimum absolute atomic E-state index is 0.263.